The van der Waals surface area contributed by atoms with Crippen molar-refractivity contribution >= 4 is 28.6 Å². The van der Waals surface area contributed by atoms with E-state index in [0.29, 0.717) is 23.6 Å². The highest BCUT2D eigenvalue weighted by molar-refractivity contribution is 7.23. The van der Waals surface area contributed by atoms with Crippen LogP contribution in [0.2, 0.25) is 0 Å². The van der Waals surface area contributed by atoms with Crippen molar-refractivity contribution in [2.75, 3.05) is 13.2 Å². The Hall–Kier alpha value is -3.30. The first-order chi connectivity index (χ1) is 15.6. The zero-order chi connectivity index (χ0) is 22.5. The number of hydrogen-bond acceptors (Lipinski definition) is 7. The molecule has 0 saturated heterocycles. The van der Waals surface area contributed by atoms with Gasteiger partial charge in [0, 0.05) is 12.6 Å². The number of para-hydroxylation sites is 1. The Kier molecular flexibility index (Phi) is 6.77. The number of carbonyl (C=O) groups is 1. The van der Waals surface area contributed by atoms with Crippen LogP contribution in [0.1, 0.15) is 23.0 Å². The van der Waals surface area contributed by atoms with Crippen molar-refractivity contribution in [2.24, 2.45) is 0 Å². The molecule has 3 aromatic heterocycles. The lowest BCUT2D eigenvalue weighted by Crippen LogP contribution is -2.32. The second-order valence-corrected chi connectivity index (χ2v) is 8.82. The third-order valence-electron chi connectivity index (χ3n) is 4.67. The van der Waals surface area contributed by atoms with Gasteiger partial charge in [-0.3, -0.25) is 9.59 Å². The van der Waals surface area contributed by atoms with Gasteiger partial charge >= 0.3 is 0 Å². The summed E-state index contributed by atoms with van der Waals surface area (Å²) in [5.41, 5.74) is 1.80. The fraction of sp³-hybridized carbons (Fsp3) is 0.217. The number of thiazole rings is 1. The Morgan fingerprint density at radius 2 is 2.00 bits per heavy atom. The summed E-state index contributed by atoms with van der Waals surface area (Å²) in [6.07, 6.45) is 0. The summed E-state index contributed by atoms with van der Waals surface area (Å²) in [6, 6.07) is 14.3. The highest BCUT2D eigenvalue weighted by Gasteiger charge is 2.15. The van der Waals surface area contributed by atoms with Gasteiger partial charge < -0.3 is 10.1 Å². The molecule has 0 atom stereocenters. The van der Waals surface area contributed by atoms with Crippen LogP contribution < -0.4 is 15.6 Å². The molecule has 4 rings (SSSR count). The Bertz CT molecular complexity index is 1280. The number of hydrogen-bond donors (Lipinski definition) is 1. The molecule has 4 aromatic rings. The van der Waals surface area contributed by atoms with Gasteiger partial charge in [0.15, 0.2) is 0 Å². The topological polar surface area (TPSA) is 86.1 Å². The Labute approximate surface area is 193 Å². The molecule has 9 heteroatoms. The number of amides is 1. The van der Waals surface area contributed by atoms with Crippen LogP contribution in [0.5, 0.6) is 5.75 Å². The van der Waals surface area contributed by atoms with Crippen LogP contribution in [-0.4, -0.2) is 33.8 Å². The highest BCUT2D eigenvalue weighted by Crippen LogP contribution is 2.35. The minimum atomic E-state index is -0.253. The van der Waals surface area contributed by atoms with E-state index in [1.807, 2.05) is 37.4 Å². The first kappa shape index (κ1) is 21.9. The summed E-state index contributed by atoms with van der Waals surface area (Å²) >= 11 is 3.19. The van der Waals surface area contributed by atoms with Gasteiger partial charge in [0.2, 0.25) is 0 Å². The van der Waals surface area contributed by atoms with Crippen molar-refractivity contribution in [1.82, 2.24) is 20.1 Å². The largest absolute Gasteiger partial charge is 0.493 e. The van der Waals surface area contributed by atoms with Crippen molar-refractivity contribution in [3.05, 3.63) is 75.5 Å². The molecule has 32 heavy (non-hydrogen) atoms. The molecule has 3 heterocycles. The lowest BCUT2D eigenvalue weighted by molar-refractivity contribution is 0.0948. The number of aryl methyl sites for hydroxylation is 1. The number of carbonyl (C=O) groups excluding carboxylic acids is 1. The van der Waals surface area contributed by atoms with Crippen molar-refractivity contribution in [3.63, 3.8) is 0 Å². The second kappa shape index (κ2) is 9.88. The molecule has 164 valence electrons. The van der Waals surface area contributed by atoms with E-state index in [2.05, 4.69) is 15.4 Å². The van der Waals surface area contributed by atoms with E-state index in [1.165, 1.54) is 10.7 Å². The zero-order valence-electron chi connectivity index (χ0n) is 17.7. The molecule has 0 aliphatic heterocycles. The lowest BCUT2D eigenvalue weighted by Gasteiger charge is -2.11. The average Bonchev–Trinajstić information content (AvgIpc) is 3.45. The van der Waals surface area contributed by atoms with E-state index in [9.17, 15) is 9.59 Å². The van der Waals surface area contributed by atoms with Crippen molar-refractivity contribution in [2.45, 2.75) is 20.4 Å². The number of aromatic nitrogens is 3. The number of thiophene rings is 1. The Morgan fingerprint density at radius 1 is 1.16 bits per heavy atom. The average molecular weight is 467 g/mol. The molecule has 7 nitrogen and oxygen atoms in total. The summed E-state index contributed by atoms with van der Waals surface area (Å²) in [6.45, 7) is 4.80. The molecule has 0 unspecified atom stereocenters. The van der Waals surface area contributed by atoms with Crippen LogP contribution in [0.25, 0.3) is 20.5 Å². The third-order valence-corrected chi connectivity index (χ3v) is 6.89. The maximum Gasteiger partial charge on any atom is 0.266 e. The van der Waals surface area contributed by atoms with Crippen molar-refractivity contribution in [1.29, 1.82) is 0 Å². The number of rotatable bonds is 8. The van der Waals surface area contributed by atoms with Gasteiger partial charge in [-0.05, 0) is 43.5 Å². The molecular formula is C23H22N4O3S2. The number of benzene rings is 1. The Balaban J connectivity index is 1.48. The SMILES string of the molecule is CCOc1ccccc1C(=O)NCCn1nc(-c2sc(-c3cccs3)nc2C)ccc1=O. The normalized spacial score (nSPS) is 10.8. The van der Waals surface area contributed by atoms with Crippen molar-refractivity contribution in [3.8, 4) is 26.2 Å². The zero-order valence-corrected chi connectivity index (χ0v) is 19.3. The van der Waals surface area contributed by atoms with E-state index < -0.39 is 0 Å². The Morgan fingerprint density at radius 3 is 2.78 bits per heavy atom. The molecule has 1 aromatic carbocycles. The van der Waals surface area contributed by atoms with E-state index in [-0.39, 0.29) is 24.6 Å². The van der Waals surface area contributed by atoms with Gasteiger partial charge in [-0.15, -0.1) is 22.7 Å². The summed E-state index contributed by atoms with van der Waals surface area (Å²) in [7, 11) is 0. The van der Waals surface area contributed by atoms with Gasteiger partial charge in [-0.1, -0.05) is 18.2 Å². The molecular weight excluding hydrogens is 444 g/mol. The molecule has 0 bridgehead atoms. The monoisotopic (exact) mass is 466 g/mol. The maximum atomic E-state index is 12.6. The van der Waals surface area contributed by atoms with Gasteiger partial charge in [0.05, 0.1) is 34.2 Å². The third kappa shape index (κ3) is 4.79. The lowest BCUT2D eigenvalue weighted by atomic mass is 10.2. The molecule has 0 saturated carbocycles. The molecule has 0 aliphatic rings. The van der Waals surface area contributed by atoms with Crippen LogP contribution >= 0.6 is 22.7 Å². The fourth-order valence-corrected chi connectivity index (χ4v) is 5.00. The summed E-state index contributed by atoms with van der Waals surface area (Å²) in [5, 5.41) is 10.3. The summed E-state index contributed by atoms with van der Waals surface area (Å²) in [5.74, 6) is 0.282. The van der Waals surface area contributed by atoms with Gasteiger partial charge in [0.1, 0.15) is 16.5 Å². The van der Waals surface area contributed by atoms with Crippen LogP contribution in [-0.2, 0) is 6.54 Å². The number of nitrogens with one attached hydrogen (secondary N) is 1. The van der Waals surface area contributed by atoms with Crippen LogP contribution in [0.3, 0.4) is 0 Å². The first-order valence-corrected chi connectivity index (χ1v) is 11.9. The van der Waals surface area contributed by atoms with Crippen LogP contribution in [0, 0.1) is 6.92 Å². The van der Waals surface area contributed by atoms with Crippen LogP contribution in [0.15, 0.2) is 58.7 Å². The second-order valence-electron chi connectivity index (χ2n) is 6.88. The summed E-state index contributed by atoms with van der Waals surface area (Å²) < 4.78 is 6.88. The predicted octanol–water partition coefficient (Wildman–Crippen LogP) is 4.23. The van der Waals surface area contributed by atoms with E-state index in [0.717, 1.165) is 20.5 Å². The fourth-order valence-electron chi connectivity index (χ4n) is 3.18. The molecule has 1 N–H and O–H groups in total. The standard InChI is InChI=1S/C23H22N4O3S2/c1-3-30-18-8-5-4-7-16(18)22(29)24-12-13-27-20(28)11-10-17(26-27)21-15(2)25-23(32-21)19-9-6-14-31-19/h4-11,14H,3,12-13H2,1-2H3,(H,24,29). The first-order valence-electron chi connectivity index (χ1n) is 10.2. The van der Waals surface area contributed by atoms with E-state index in [4.69, 9.17) is 4.74 Å². The number of ether oxygens (including phenoxy) is 1. The van der Waals surface area contributed by atoms with Gasteiger partial charge in [-0.25, -0.2) is 9.67 Å². The van der Waals surface area contributed by atoms with Gasteiger partial charge in [-0.2, -0.15) is 5.10 Å². The molecule has 1 amide bonds. The van der Waals surface area contributed by atoms with Crippen LogP contribution in [0.4, 0.5) is 0 Å². The number of nitrogens with zero attached hydrogens (tertiary/aromatic N) is 3. The van der Waals surface area contributed by atoms with Gasteiger partial charge in [0.25, 0.3) is 11.5 Å². The van der Waals surface area contributed by atoms with E-state index in [1.54, 1.807) is 46.9 Å². The molecule has 0 radical (unpaired) electrons. The quantitative estimate of drug-likeness (QED) is 0.420. The molecule has 0 fully saturated rings. The highest BCUT2D eigenvalue weighted by atomic mass is 32.1. The smallest absolute Gasteiger partial charge is 0.266 e. The molecule has 0 spiro atoms. The minimum absolute atomic E-state index is 0.224. The summed E-state index contributed by atoms with van der Waals surface area (Å²) in [4.78, 5) is 31.6. The molecule has 0 aliphatic carbocycles. The van der Waals surface area contributed by atoms with E-state index >= 15 is 0 Å². The predicted molar refractivity (Wildman–Crippen MR) is 128 cm³/mol. The minimum Gasteiger partial charge on any atom is -0.493 e. The maximum absolute atomic E-state index is 12.6. The van der Waals surface area contributed by atoms with Crippen molar-refractivity contribution < 1.29 is 9.53 Å².